The van der Waals surface area contributed by atoms with E-state index in [0.29, 0.717) is 11.5 Å². The van der Waals surface area contributed by atoms with E-state index >= 15 is 0 Å². The van der Waals surface area contributed by atoms with Crippen LogP contribution < -0.4 is 5.73 Å². The Hall–Kier alpha value is 0.500. The Morgan fingerprint density at radius 3 is 2.73 bits per heavy atom. The molecule has 2 heterocycles. The highest BCUT2D eigenvalue weighted by Gasteiger charge is 2.52. The highest BCUT2D eigenvalue weighted by atomic mass is 35.6. The molecule has 2 N–H and O–H groups in total. The van der Waals surface area contributed by atoms with Gasteiger partial charge in [0.1, 0.15) is 23.7 Å². The second-order valence-corrected chi connectivity index (χ2v) is 9.00. The predicted molar refractivity (Wildman–Crippen MR) is 95.0 cm³/mol. The molecule has 0 radical (unpaired) electrons. The zero-order valence-electron chi connectivity index (χ0n) is 11.4. The van der Waals surface area contributed by atoms with Crippen molar-refractivity contribution in [1.82, 2.24) is 4.90 Å². The van der Waals surface area contributed by atoms with E-state index in [9.17, 15) is 9.59 Å². The Bertz CT molecular complexity index is 498. The SMILES string of the molecule is CSCC1=C(C(=O)OCC(Cl)(Cl)Cl)N2C(=O)[C@@H](N)[C@@H]2SC1.Cl. The number of hydrogen-bond acceptors (Lipinski definition) is 6. The first-order valence-electron chi connectivity index (χ1n) is 5.91. The fraction of sp³-hybridized carbons (Fsp3) is 0.636. The first-order chi connectivity index (χ1) is 9.76. The van der Waals surface area contributed by atoms with Gasteiger partial charge < -0.3 is 10.5 Å². The average Bonchev–Trinajstić information content (AvgIpc) is 2.43. The standard InChI is InChI=1S/C11H13Cl3N2O3S2.ClH/c1-20-2-5-3-21-9-6(15)8(17)16(9)7(5)10(18)19-4-11(12,13)14;/h6,9H,2-4,15H2,1H3;1H/t6-,9+;/m1./s1. The lowest BCUT2D eigenvalue weighted by Crippen LogP contribution is -2.68. The summed E-state index contributed by atoms with van der Waals surface area (Å²) >= 11 is 19.8. The van der Waals surface area contributed by atoms with Gasteiger partial charge in [0, 0.05) is 11.5 Å². The third kappa shape index (κ3) is 4.32. The fourth-order valence-corrected chi connectivity index (χ4v) is 4.24. The number of alkyl halides is 3. The maximum Gasteiger partial charge on any atom is 0.355 e. The van der Waals surface area contributed by atoms with Gasteiger partial charge in [-0.2, -0.15) is 11.8 Å². The summed E-state index contributed by atoms with van der Waals surface area (Å²) in [5, 5.41) is -0.224. The molecule has 0 aromatic carbocycles. The molecular formula is C11H14Cl4N2O3S2. The van der Waals surface area contributed by atoms with Crippen LogP contribution in [-0.4, -0.2) is 56.4 Å². The minimum absolute atomic E-state index is 0. The zero-order chi connectivity index (χ0) is 15.8. The van der Waals surface area contributed by atoms with Gasteiger partial charge in [-0.3, -0.25) is 9.69 Å². The quantitative estimate of drug-likeness (QED) is 0.421. The summed E-state index contributed by atoms with van der Waals surface area (Å²) in [7, 11) is 0. The van der Waals surface area contributed by atoms with Crippen molar-refractivity contribution < 1.29 is 14.3 Å². The lowest BCUT2D eigenvalue weighted by Gasteiger charge is -2.48. The lowest BCUT2D eigenvalue weighted by atomic mass is 10.0. The normalized spacial score (nSPS) is 24.4. The number of amides is 1. The molecule has 0 saturated carbocycles. The number of hydrogen-bond donors (Lipinski definition) is 1. The van der Waals surface area contributed by atoms with Crippen molar-refractivity contribution in [2.75, 3.05) is 24.4 Å². The van der Waals surface area contributed by atoms with Gasteiger partial charge in [-0.15, -0.1) is 24.2 Å². The van der Waals surface area contributed by atoms with Gasteiger partial charge in [0.2, 0.25) is 9.70 Å². The van der Waals surface area contributed by atoms with Gasteiger partial charge in [0.15, 0.2) is 0 Å². The van der Waals surface area contributed by atoms with Crippen LogP contribution in [-0.2, 0) is 14.3 Å². The first kappa shape index (κ1) is 20.5. The molecule has 0 unspecified atom stereocenters. The largest absolute Gasteiger partial charge is 0.456 e. The molecule has 2 aliphatic heterocycles. The van der Waals surface area contributed by atoms with E-state index in [0.717, 1.165) is 5.57 Å². The number of fused-ring (bicyclic) bond motifs is 1. The number of thioether (sulfide) groups is 2. The van der Waals surface area contributed by atoms with Crippen LogP contribution in [0.5, 0.6) is 0 Å². The van der Waals surface area contributed by atoms with Crippen molar-refractivity contribution in [1.29, 1.82) is 0 Å². The van der Waals surface area contributed by atoms with Crippen LogP contribution >= 0.6 is 70.7 Å². The average molecular weight is 428 g/mol. The van der Waals surface area contributed by atoms with E-state index in [1.165, 1.54) is 4.90 Å². The molecule has 2 rings (SSSR count). The molecule has 0 aromatic rings. The molecule has 0 bridgehead atoms. The monoisotopic (exact) mass is 426 g/mol. The van der Waals surface area contributed by atoms with Gasteiger partial charge in [-0.05, 0) is 11.8 Å². The molecule has 2 atom stereocenters. The number of nitrogens with zero attached hydrogens (tertiary/aromatic N) is 1. The highest BCUT2D eigenvalue weighted by molar-refractivity contribution is 8.00. The predicted octanol–water partition coefficient (Wildman–Crippen LogP) is 2.18. The van der Waals surface area contributed by atoms with Crippen LogP contribution in [0.2, 0.25) is 0 Å². The van der Waals surface area contributed by atoms with Crippen molar-refractivity contribution in [2.45, 2.75) is 15.2 Å². The van der Waals surface area contributed by atoms with Gasteiger partial charge >= 0.3 is 5.97 Å². The van der Waals surface area contributed by atoms with Gasteiger partial charge in [0.05, 0.1) is 0 Å². The lowest BCUT2D eigenvalue weighted by molar-refractivity contribution is -0.150. The summed E-state index contributed by atoms with van der Waals surface area (Å²) in [5.74, 6) is 0.306. The molecular weight excluding hydrogens is 414 g/mol. The summed E-state index contributed by atoms with van der Waals surface area (Å²) in [6.45, 7) is -0.377. The third-order valence-electron chi connectivity index (χ3n) is 2.97. The van der Waals surface area contributed by atoms with Crippen molar-refractivity contribution in [2.24, 2.45) is 5.73 Å². The first-order valence-corrected chi connectivity index (χ1v) is 9.49. The molecule has 126 valence electrons. The van der Waals surface area contributed by atoms with E-state index in [4.69, 9.17) is 45.3 Å². The number of carbonyl (C=O) groups is 2. The Labute approximate surface area is 158 Å². The number of carbonyl (C=O) groups excluding carboxylic acids is 2. The number of esters is 1. The molecule has 1 fully saturated rings. The molecule has 2 aliphatic rings. The Morgan fingerprint density at radius 2 is 2.18 bits per heavy atom. The number of rotatable bonds is 4. The summed E-state index contributed by atoms with van der Waals surface area (Å²) in [5.41, 5.74) is 6.82. The number of halogens is 4. The maximum absolute atomic E-state index is 12.3. The molecule has 22 heavy (non-hydrogen) atoms. The van der Waals surface area contributed by atoms with E-state index in [1.54, 1.807) is 23.5 Å². The summed E-state index contributed by atoms with van der Waals surface area (Å²) in [6.07, 6.45) is 1.91. The van der Waals surface area contributed by atoms with Crippen molar-refractivity contribution in [3.63, 3.8) is 0 Å². The number of nitrogens with two attached hydrogens (primary N) is 1. The fourth-order valence-electron chi connectivity index (χ4n) is 2.07. The van der Waals surface area contributed by atoms with Crippen LogP contribution in [0.4, 0.5) is 0 Å². The zero-order valence-corrected chi connectivity index (χ0v) is 16.1. The van der Waals surface area contributed by atoms with Gasteiger partial charge in [0.25, 0.3) is 0 Å². The molecule has 1 amide bonds. The van der Waals surface area contributed by atoms with Gasteiger partial charge in [-0.1, -0.05) is 34.8 Å². The third-order valence-corrected chi connectivity index (χ3v) is 5.29. The molecule has 0 aromatic heterocycles. The van der Waals surface area contributed by atoms with Crippen molar-refractivity contribution >= 4 is 82.6 Å². The van der Waals surface area contributed by atoms with E-state index in [-0.39, 0.29) is 36.0 Å². The van der Waals surface area contributed by atoms with E-state index in [2.05, 4.69) is 0 Å². The van der Waals surface area contributed by atoms with Crippen LogP contribution in [0.25, 0.3) is 0 Å². The molecule has 0 spiro atoms. The Kier molecular flexibility index (Phi) is 7.52. The molecule has 5 nitrogen and oxygen atoms in total. The number of ether oxygens (including phenoxy) is 1. The minimum Gasteiger partial charge on any atom is -0.456 e. The Balaban J connectivity index is 0.00000242. The van der Waals surface area contributed by atoms with Crippen LogP contribution in [0.1, 0.15) is 0 Å². The minimum atomic E-state index is -1.69. The molecule has 1 saturated heterocycles. The summed E-state index contributed by atoms with van der Waals surface area (Å²) in [6, 6.07) is -0.582. The van der Waals surface area contributed by atoms with Crippen LogP contribution in [0.3, 0.4) is 0 Å². The topological polar surface area (TPSA) is 72.6 Å². The van der Waals surface area contributed by atoms with Crippen LogP contribution in [0.15, 0.2) is 11.3 Å². The Morgan fingerprint density at radius 1 is 1.55 bits per heavy atom. The summed E-state index contributed by atoms with van der Waals surface area (Å²) < 4.78 is 3.33. The molecule has 11 heteroatoms. The van der Waals surface area contributed by atoms with E-state index < -0.39 is 15.8 Å². The summed E-state index contributed by atoms with van der Waals surface area (Å²) in [4.78, 5) is 25.6. The van der Waals surface area contributed by atoms with Crippen LogP contribution in [0, 0.1) is 0 Å². The number of β-lactam (4-membered cyclic amide) rings is 1. The highest BCUT2D eigenvalue weighted by Crippen LogP contribution is 2.40. The molecule has 0 aliphatic carbocycles. The van der Waals surface area contributed by atoms with Crippen molar-refractivity contribution in [3.05, 3.63) is 11.3 Å². The van der Waals surface area contributed by atoms with Gasteiger partial charge in [-0.25, -0.2) is 4.79 Å². The second-order valence-electron chi connectivity index (χ2n) is 4.51. The maximum atomic E-state index is 12.3. The smallest absolute Gasteiger partial charge is 0.355 e. The second kappa shape index (κ2) is 8.05. The van der Waals surface area contributed by atoms with Crippen molar-refractivity contribution in [3.8, 4) is 0 Å². The van der Waals surface area contributed by atoms with E-state index in [1.807, 2.05) is 6.26 Å².